The van der Waals surface area contributed by atoms with Crippen molar-refractivity contribution >= 4 is 6.03 Å². The Bertz CT molecular complexity index is 659. The van der Waals surface area contributed by atoms with Crippen LogP contribution < -0.4 is 10.6 Å². The van der Waals surface area contributed by atoms with Gasteiger partial charge in [0.25, 0.3) is 0 Å². The number of benzene rings is 1. The molecular weight excluding hydrogens is 311 g/mol. The largest absolute Gasteiger partial charge is 0.379 e. The Labute approximate surface area is 141 Å². The van der Waals surface area contributed by atoms with Crippen molar-refractivity contribution in [3.8, 4) is 5.69 Å². The Kier molecular flexibility index (Phi) is 6.31. The number of urea groups is 1. The van der Waals surface area contributed by atoms with E-state index in [-0.39, 0.29) is 24.5 Å². The van der Waals surface area contributed by atoms with Crippen molar-refractivity contribution in [1.82, 2.24) is 20.2 Å². The molecule has 0 saturated heterocycles. The zero-order valence-electron chi connectivity index (χ0n) is 14.1. The van der Waals surface area contributed by atoms with Crippen molar-refractivity contribution in [2.24, 2.45) is 5.92 Å². The van der Waals surface area contributed by atoms with Crippen molar-refractivity contribution in [3.63, 3.8) is 0 Å². The number of nitrogens with one attached hydrogen (secondary N) is 2. The van der Waals surface area contributed by atoms with E-state index in [0.29, 0.717) is 23.7 Å². The van der Waals surface area contributed by atoms with Crippen LogP contribution in [0, 0.1) is 11.7 Å². The molecule has 0 aliphatic carbocycles. The number of carbonyl (C=O) groups excluding carboxylic acids is 1. The summed E-state index contributed by atoms with van der Waals surface area (Å²) in [6, 6.07) is 4.52. The molecule has 1 heterocycles. The molecule has 2 amide bonds. The van der Waals surface area contributed by atoms with E-state index < -0.39 is 0 Å². The smallest absolute Gasteiger partial charge is 0.315 e. The molecule has 0 saturated carbocycles. The van der Waals surface area contributed by atoms with E-state index >= 15 is 0 Å². The predicted octanol–water partition coefficient (Wildman–Crippen LogP) is 2.48. The van der Waals surface area contributed by atoms with Crippen LogP contribution in [0.25, 0.3) is 5.69 Å². The molecule has 1 atom stereocenters. The lowest BCUT2D eigenvalue weighted by Crippen LogP contribution is -2.41. The summed E-state index contributed by atoms with van der Waals surface area (Å²) in [5.74, 6) is -0.0629. The van der Waals surface area contributed by atoms with Crippen LogP contribution in [0.3, 0.4) is 0 Å². The third kappa shape index (κ3) is 4.79. The summed E-state index contributed by atoms with van der Waals surface area (Å²) in [6.45, 7) is 4.72. The molecule has 6 nitrogen and oxygen atoms in total. The molecule has 2 N–H and O–H groups in total. The number of amides is 2. The fraction of sp³-hybridized carbons (Fsp3) is 0.412. The molecule has 2 aromatic rings. The first-order chi connectivity index (χ1) is 11.5. The van der Waals surface area contributed by atoms with Gasteiger partial charge < -0.3 is 19.9 Å². The number of rotatable bonds is 7. The Balaban J connectivity index is 1.86. The molecule has 24 heavy (non-hydrogen) atoms. The quantitative estimate of drug-likeness (QED) is 0.817. The highest BCUT2D eigenvalue weighted by atomic mass is 19.1. The number of ether oxygens (including phenoxy) is 1. The Morgan fingerprint density at radius 3 is 2.75 bits per heavy atom. The fourth-order valence-electron chi connectivity index (χ4n) is 2.30. The second-order valence-corrected chi connectivity index (χ2v) is 5.84. The molecule has 0 bridgehead atoms. The molecule has 2 rings (SSSR count). The number of carbonyl (C=O) groups is 1. The summed E-state index contributed by atoms with van der Waals surface area (Å²) in [5.41, 5.74) is 1.10. The Morgan fingerprint density at radius 1 is 1.38 bits per heavy atom. The number of hydrogen-bond donors (Lipinski definition) is 2. The molecule has 0 radical (unpaired) electrons. The minimum atomic E-state index is -0.369. The Morgan fingerprint density at radius 2 is 2.17 bits per heavy atom. The summed E-state index contributed by atoms with van der Waals surface area (Å²) in [4.78, 5) is 15.7. The van der Waals surface area contributed by atoms with Crippen LogP contribution in [0.4, 0.5) is 9.18 Å². The highest BCUT2D eigenvalue weighted by Crippen LogP contribution is 2.14. The molecule has 0 spiro atoms. The highest BCUT2D eigenvalue weighted by Gasteiger charge is 2.13. The summed E-state index contributed by atoms with van der Waals surface area (Å²) in [6.07, 6.45) is 4.75. The topological polar surface area (TPSA) is 68.2 Å². The Hall–Kier alpha value is -2.41. The predicted molar refractivity (Wildman–Crippen MR) is 89.4 cm³/mol. The fourth-order valence-corrected chi connectivity index (χ4v) is 2.30. The van der Waals surface area contributed by atoms with Crippen molar-refractivity contribution in [2.45, 2.75) is 26.5 Å². The average Bonchev–Trinajstić information content (AvgIpc) is 3.07. The molecule has 0 aliphatic rings. The molecule has 1 unspecified atom stereocenters. The SMILES string of the molecule is COC(CNC(=O)NCc1ccc(-n2ccnc2)c(F)c1)C(C)C. The minimum Gasteiger partial charge on any atom is -0.379 e. The lowest BCUT2D eigenvalue weighted by Gasteiger charge is -2.19. The van der Waals surface area contributed by atoms with Gasteiger partial charge in [0.05, 0.1) is 18.1 Å². The maximum absolute atomic E-state index is 14.1. The van der Waals surface area contributed by atoms with Crippen LogP contribution in [0.15, 0.2) is 36.9 Å². The minimum absolute atomic E-state index is 0.0392. The number of halogens is 1. The van der Waals surface area contributed by atoms with Crippen LogP contribution in [-0.4, -0.2) is 35.3 Å². The standard InChI is InChI=1S/C17H23FN4O2/c1-12(2)16(24-3)10-21-17(23)20-9-13-4-5-15(14(18)8-13)22-7-6-19-11-22/h4-8,11-12,16H,9-10H2,1-3H3,(H2,20,21,23). The molecule has 7 heteroatoms. The van der Waals surface area contributed by atoms with Crippen molar-refractivity contribution < 1.29 is 13.9 Å². The molecule has 0 fully saturated rings. The first-order valence-electron chi connectivity index (χ1n) is 7.82. The van der Waals surface area contributed by atoms with Gasteiger partial charge in [0.1, 0.15) is 5.82 Å². The van der Waals surface area contributed by atoms with Gasteiger partial charge in [-0.2, -0.15) is 0 Å². The third-order valence-electron chi connectivity index (χ3n) is 3.76. The maximum atomic E-state index is 14.1. The van der Waals surface area contributed by atoms with Crippen molar-refractivity contribution in [2.75, 3.05) is 13.7 Å². The molecule has 1 aromatic carbocycles. The van der Waals surface area contributed by atoms with Gasteiger partial charge >= 0.3 is 6.03 Å². The molecular formula is C17H23FN4O2. The van der Waals surface area contributed by atoms with Gasteiger partial charge in [0, 0.05) is 32.6 Å². The van der Waals surface area contributed by atoms with E-state index in [1.54, 1.807) is 36.2 Å². The van der Waals surface area contributed by atoms with E-state index in [1.807, 2.05) is 13.8 Å². The summed E-state index contributed by atoms with van der Waals surface area (Å²) in [7, 11) is 1.62. The van der Waals surface area contributed by atoms with Gasteiger partial charge in [0.15, 0.2) is 0 Å². The second kappa shape index (κ2) is 8.44. The van der Waals surface area contributed by atoms with E-state index in [9.17, 15) is 9.18 Å². The van der Waals surface area contributed by atoms with E-state index in [2.05, 4.69) is 15.6 Å². The first kappa shape index (κ1) is 17.9. The summed E-state index contributed by atoms with van der Waals surface area (Å²) in [5, 5.41) is 5.46. The van der Waals surface area contributed by atoms with Gasteiger partial charge in [-0.05, 0) is 23.6 Å². The number of imidazole rings is 1. The number of hydrogen-bond acceptors (Lipinski definition) is 3. The summed E-state index contributed by atoms with van der Waals surface area (Å²) < 4.78 is 21.0. The lowest BCUT2D eigenvalue weighted by atomic mass is 10.1. The first-order valence-corrected chi connectivity index (χ1v) is 7.82. The van der Waals surface area contributed by atoms with Crippen LogP contribution in [0.1, 0.15) is 19.4 Å². The number of methoxy groups -OCH3 is 1. The van der Waals surface area contributed by atoms with Crippen molar-refractivity contribution in [3.05, 3.63) is 48.3 Å². The van der Waals surface area contributed by atoms with E-state index in [4.69, 9.17) is 4.74 Å². The van der Waals surface area contributed by atoms with E-state index in [0.717, 1.165) is 0 Å². The zero-order valence-corrected chi connectivity index (χ0v) is 14.1. The van der Waals surface area contributed by atoms with Crippen LogP contribution in [0.2, 0.25) is 0 Å². The van der Waals surface area contributed by atoms with Gasteiger partial charge in [-0.3, -0.25) is 0 Å². The number of aromatic nitrogens is 2. The van der Waals surface area contributed by atoms with Crippen LogP contribution in [-0.2, 0) is 11.3 Å². The summed E-state index contributed by atoms with van der Waals surface area (Å²) >= 11 is 0. The maximum Gasteiger partial charge on any atom is 0.315 e. The molecule has 1 aromatic heterocycles. The van der Waals surface area contributed by atoms with Crippen LogP contribution >= 0.6 is 0 Å². The highest BCUT2D eigenvalue weighted by molar-refractivity contribution is 5.73. The second-order valence-electron chi connectivity index (χ2n) is 5.84. The average molecular weight is 334 g/mol. The van der Waals surface area contributed by atoms with Gasteiger partial charge in [-0.25, -0.2) is 14.2 Å². The van der Waals surface area contributed by atoms with Crippen molar-refractivity contribution in [1.29, 1.82) is 0 Å². The third-order valence-corrected chi connectivity index (χ3v) is 3.76. The van der Waals surface area contributed by atoms with E-state index in [1.165, 1.54) is 12.4 Å². The zero-order chi connectivity index (χ0) is 17.5. The van der Waals surface area contributed by atoms with Gasteiger partial charge in [-0.1, -0.05) is 19.9 Å². The molecule has 130 valence electrons. The monoisotopic (exact) mass is 334 g/mol. The van der Waals surface area contributed by atoms with Gasteiger partial charge in [0.2, 0.25) is 0 Å². The number of nitrogens with zero attached hydrogens (tertiary/aromatic N) is 2. The lowest BCUT2D eigenvalue weighted by molar-refractivity contribution is 0.0666. The van der Waals surface area contributed by atoms with Crippen LogP contribution in [0.5, 0.6) is 0 Å². The molecule has 0 aliphatic heterocycles. The van der Waals surface area contributed by atoms with Gasteiger partial charge in [-0.15, -0.1) is 0 Å². The normalized spacial score (nSPS) is 12.2.